The van der Waals surface area contributed by atoms with Gasteiger partial charge in [0, 0.05) is 30.4 Å². The van der Waals surface area contributed by atoms with Crippen molar-refractivity contribution in [2.24, 2.45) is 0 Å². The van der Waals surface area contributed by atoms with E-state index >= 15 is 0 Å². The van der Waals surface area contributed by atoms with Crippen LogP contribution in [0.4, 0.5) is 0 Å². The van der Waals surface area contributed by atoms with Crippen LogP contribution in [0, 0.1) is 0 Å². The van der Waals surface area contributed by atoms with E-state index in [4.69, 9.17) is 9.26 Å². The summed E-state index contributed by atoms with van der Waals surface area (Å²) in [6.07, 6.45) is 5.75. The Hall–Kier alpha value is -2.37. The van der Waals surface area contributed by atoms with Crippen LogP contribution in [0.5, 0.6) is 5.75 Å². The SMILES string of the molecule is CC(C)(C)c1noc(CCC(=O)NCc2ccccc2OC2CCCC2)n1. The Balaban J connectivity index is 1.48. The average molecular weight is 371 g/mol. The minimum Gasteiger partial charge on any atom is -0.490 e. The number of amides is 1. The summed E-state index contributed by atoms with van der Waals surface area (Å²) in [5, 5.41) is 6.95. The molecule has 27 heavy (non-hydrogen) atoms. The maximum atomic E-state index is 12.2. The van der Waals surface area contributed by atoms with E-state index in [-0.39, 0.29) is 11.3 Å². The first kappa shape index (κ1) is 19.4. The highest BCUT2D eigenvalue weighted by atomic mass is 16.5. The van der Waals surface area contributed by atoms with Crippen molar-refractivity contribution >= 4 is 5.91 Å². The van der Waals surface area contributed by atoms with Gasteiger partial charge in [-0.15, -0.1) is 0 Å². The second-order valence-electron chi connectivity index (χ2n) is 8.17. The minimum atomic E-state index is -0.160. The molecule has 0 spiro atoms. The first-order valence-electron chi connectivity index (χ1n) is 9.76. The third kappa shape index (κ3) is 5.55. The predicted octanol–water partition coefficient (Wildman–Crippen LogP) is 3.94. The molecule has 0 unspecified atom stereocenters. The number of carbonyl (C=O) groups is 1. The van der Waals surface area contributed by atoms with E-state index in [0.717, 1.165) is 24.2 Å². The summed E-state index contributed by atoms with van der Waals surface area (Å²) in [6.45, 7) is 6.54. The fourth-order valence-electron chi connectivity index (χ4n) is 3.11. The normalized spacial score (nSPS) is 15.1. The first-order chi connectivity index (χ1) is 12.9. The summed E-state index contributed by atoms with van der Waals surface area (Å²) in [7, 11) is 0. The van der Waals surface area contributed by atoms with E-state index in [1.807, 2.05) is 45.0 Å². The molecule has 0 atom stereocenters. The highest BCUT2D eigenvalue weighted by Crippen LogP contribution is 2.26. The molecule has 0 bridgehead atoms. The molecule has 0 saturated heterocycles. The van der Waals surface area contributed by atoms with Crippen molar-refractivity contribution in [2.45, 2.75) is 77.4 Å². The highest BCUT2D eigenvalue weighted by molar-refractivity contribution is 5.76. The molecule has 1 aliphatic carbocycles. The number of aromatic nitrogens is 2. The van der Waals surface area contributed by atoms with Gasteiger partial charge in [0.2, 0.25) is 11.8 Å². The number of nitrogens with one attached hydrogen (secondary N) is 1. The molecule has 1 amide bonds. The van der Waals surface area contributed by atoms with Gasteiger partial charge in [-0.1, -0.05) is 44.1 Å². The summed E-state index contributed by atoms with van der Waals surface area (Å²) >= 11 is 0. The molecule has 1 heterocycles. The number of aryl methyl sites for hydroxylation is 1. The van der Waals surface area contributed by atoms with Crippen LogP contribution in [0.3, 0.4) is 0 Å². The summed E-state index contributed by atoms with van der Waals surface area (Å²) in [5.74, 6) is 1.99. The largest absolute Gasteiger partial charge is 0.490 e. The quantitative estimate of drug-likeness (QED) is 0.798. The summed E-state index contributed by atoms with van der Waals surface area (Å²) in [5.41, 5.74) is 0.845. The van der Waals surface area contributed by atoms with Gasteiger partial charge < -0.3 is 14.6 Å². The summed E-state index contributed by atoms with van der Waals surface area (Å²) in [6, 6.07) is 7.91. The Kier molecular flexibility index (Phi) is 6.14. The smallest absolute Gasteiger partial charge is 0.227 e. The van der Waals surface area contributed by atoms with Gasteiger partial charge in [0.05, 0.1) is 6.10 Å². The van der Waals surface area contributed by atoms with Crippen molar-refractivity contribution in [3.63, 3.8) is 0 Å². The zero-order valence-corrected chi connectivity index (χ0v) is 16.5. The van der Waals surface area contributed by atoms with Crippen LogP contribution in [0.1, 0.15) is 70.2 Å². The fourth-order valence-corrected chi connectivity index (χ4v) is 3.11. The van der Waals surface area contributed by atoms with Crippen molar-refractivity contribution in [1.82, 2.24) is 15.5 Å². The number of benzene rings is 1. The molecule has 1 N–H and O–H groups in total. The molecule has 1 aromatic heterocycles. The maximum Gasteiger partial charge on any atom is 0.227 e. The zero-order chi connectivity index (χ0) is 19.3. The zero-order valence-electron chi connectivity index (χ0n) is 16.5. The van der Waals surface area contributed by atoms with Gasteiger partial charge in [-0.05, 0) is 31.7 Å². The van der Waals surface area contributed by atoms with Gasteiger partial charge in [-0.2, -0.15) is 4.98 Å². The Morgan fingerprint density at radius 1 is 1.26 bits per heavy atom. The third-order valence-corrected chi connectivity index (χ3v) is 4.75. The number of hydrogen-bond donors (Lipinski definition) is 1. The van der Waals surface area contributed by atoms with Gasteiger partial charge >= 0.3 is 0 Å². The van der Waals surface area contributed by atoms with Crippen LogP contribution in [0.25, 0.3) is 0 Å². The molecule has 2 aromatic rings. The molecule has 1 aliphatic rings. The molecule has 146 valence electrons. The third-order valence-electron chi connectivity index (χ3n) is 4.75. The molecule has 1 aromatic carbocycles. The number of carbonyl (C=O) groups excluding carboxylic acids is 1. The predicted molar refractivity (Wildman–Crippen MR) is 102 cm³/mol. The Morgan fingerprint density at radius 2 is 2.00 bits per heavy atom. The first-order valence-corrected chi connectivity index (χ1v) is 9.76. The second-order valence-corrected chi connectivity index (χ2v) is 8.17. The lowest BCUT2D eigenvalue weighted by molar-refractivity contribution is -0.121. The van der Waals surface area contributed by atoms with Crippen LogP contribution in [0.2, 0.25) is 0 Å². The Labute approximate surface area is 160 Å². The van der Waals surface area contributed by atoms with E-state index in [2.05, 4.69) is 15.5 Å². The molecular formula is C21H29N3O3. The van der Waals surface area contributed by atoms with Crippen LogP contribution in [-0.4, -0.2) is 22.2 Å². The van der Waals surface area contributed by atoms with Crippen LogP contribution >= 0.6 is 0 Å². The maximum absolute atomic E-state index is 12.2. The Bertz CT molecular complexity index is 758. The van der Waals surface area contributed by atoms with Crippen molar-refractivity contribution in [2.75, 3.05) is 0 Å². The van der Waals surface area contributed by atoms with Crippen LogP contribution in [-0.2, 0) is 23.2 Å². The van der Waals surface area contributed by atoms with E-state index in [1.165, 1.54) is 12.8 Å². The van der Waals surface area contributed by atoms with E-state index in [0.29, 0.717) is 37.2 Å². The van der Waals surface area contributed by atoms with Gasteiger partial charge in [-0.3, -0.25) is 4.79 Å². The fraction of sp³-hybridized carbons (Fsp3) is 0.571. The molecule has 0 aliphatic heterocycles. The molecular weight excluding hydrogens is 342 g/mol. The lowest BCUT2D eigenvalue weighted by Gasteiger charge is -2.16. The topological polar surface area (TPSA) is 77.2 Å². The number of nitrogens with zero attached hydrogens (tertiary/aromatic N) is 2. The monoisotopic (exact) mass is 371 g/mol. The van der Waals surface area contributed by atoms with Crippen molar-refractivity contribution in [1.29, 1.82) is 0 Å². The number of hydrogen-bond acceptors (Lipinski definition) is 5. The molecule has 6 heteroatoms. The summed E-state index contributed by atoms with van der Waals surface area (Å²) < 4.78 is 11.4. The Morgan fingerprint density at radius 3 is 2.70 bits per heavy atom. The molecule has 1 saturated carbocycles. The highest BCUT2D eigenvalue weighted by Gasteiger charge is 2.21. The van der Waals surface area contributed by atoms with Gasteiger partial charge in [0.15, 0.2) is 5.82 Å². The molecule has 1 fully saturated rings. The van der Waals surface area contributed by atoms with Gasteiger partial charge in [0.1, 0.15) is 5.75 Å². The molecule has 3 rings (SSSR count). The van der Waals surface area contributed by atoms with E-state index in [9.17, 15) is 4.79 Å². The molecule has 6 nitrogen and oxygen atoms in total. The average Bonchev–Trinajstić information content (AvgIpc) is 3.30. The van der Waals surface area contributed by atoms with Crippen molar-refractivity contribution < 1.29 is 14.1 Å². The van der Waals surface area contributed by atoms with E-state index < -0.39 is 0 Å². The van der Waals surface area contributed by atoms with Gasteiger partial charge in [0.25, 0.3) is 0 Å². The summed E-state index contributed by atoms with van der Waals surface area (Å²) in [4.78, 5) is 16.6. The minimum absolute atomic E-state index is 0.0406. The standard InChI is InChI=1S/C21H29N3O3/c1-21(2,3)20-23-19(27-24-20)13-12-18(25)22-14-15-8-4-7-11-17(15)26-16-9-5-6-10-16/h4,7-8,11,16H,5-6,9-10,12-14H2,1-3H3,(H,22,25). The van der Waals surface area contributed by atoms with Crippen LogP contribution in [0.15, 0.2) is 28.8 Å². The lowest BCUT2D eigenvalue weighted by Crippen LogP contribution is -2.24. The number of ether oxygens (including phenoxy) is 1. The van der Waals surface area contributed by atoms with Crippen molar-refractivity contribution in [3.8, 4) is 5.75 Å². The van der Waals surface area contributed by atoms with Gasteiger partial charge in [-0.25, -0.2) is 0 Å². The number of rotatable bonds is 7. The lowest BCUT2D eigenvalue weighted by atomic mass is 9.96. The van der Waals surface area contributed by atoms with Crippen molar-refractivity contribution in [3.05, 3.63) is 41.5 Å². The number of para-hydroxylation sites is 1. The van der Waals surface area contributed by atoms with E-state index in [1.54, 1.807) is 0 Å². The molecule has 0 radical (unpaired) electrons. The second kappa shape index (κ2) is 8.55. The van der Waals surface area contributed by atoms with Crippen LogP contribution < -0.4 is 10.1 Å².